The Labute approximate surface area is 126 Å². The number of carboxylic acids is 1. The van der Waals surface area contributed by atoms with E-state index in [1.165, 1.54) is 44.2 Å². The molecule has 1 N–H and O–H groups in total. The monoisotopic (exact) mass is 291 g/mol. The van der Waals surface area contributed by atoms with Crippen LogP contribution in [-0.4, -0.2) is 32.2 Å². The van der Waals surface area contributed by atoms with Crippen molar-refractivity contribution in [3.05, 3.63) is 29.8 Å². The van der Waals surface area contributed by atoms with Crippen molar-refractivity contribution in [1.29, 1.82) is 0 Å². The summed E-state index contributed by atoms with van der Waals surface area (Å²) in [5.41, 5.74) is 0.184. The Balaban J connectivity index is 1.65. The van der Waals surface area contributed by atoms with Crippen LogP contribution in [0.5, 0.6) is 5.75 Å². The number of nitrogens with one attached hydrogen (secondary N) is 1. The first-order chi connectivity index (χ1) is 10.2. The van der Waals surface area contributed by atoms with Crippen molar-refractivity contribution in [2.45, 2.75) is 44.6 Å². The van der Waals surface area contributed by atoms with Gasteiger partial charge in [0.15, 0.2) is 0 Å². The average molecular weight is 291 g/mol. The van der Waals surface area contributed by atoms with E-state index in [4.69, 9.17) is 4.74 Å². The summed E-state index contributed by atoms with van der Waals surface area (Å²) in [6, 6.07) is 7.22. The van der Waals surface area contributed by atoms with Gasteiger partial charge < -0.3 is 19.5 Å². The molecule has 1 saturated carbocycles. The van der Waals surface area contributed by atoms with E-state index in [0.29, 0.717) is 6.61 Å². The van der Waals surface area contributed by atoms with Crippen molar-refractivity contribution >= 4 is 5.97 Å². The lowest BCUT2D eigenvalue weighted by Crippen LogP contribution is -3.13. The maximum absolute atomic E-state index is 10.6. The summed E-state index contributed by atoms with van der Waals surface area (Å²) in [6.07, 6.45) is 7.89. The minimum atomic E-state index is -1.15. The van der Waals surface area contributed by atoms with Crippen molar-refractivity contribution in [3.8, 4) is 5.75 Å². The van der Waals surface area contributed by atoms with Crippen molar-refractivity contribution in [3.63, 3.8) is 0 Å². The number of benzene rings is 1. The van der Waals surface area contributed by atoms with Crippen LogP contribution in [-0.2, 0) is 0 Å². The zero-order valence-electron chi connectivity index (χ0n) is 12.8. The van der Waals surface area contributed by atoms with Gasteiger partial charge >= 0.3 is 0 Å². The van der Waals surface area contributed by atoms with Gasteiger partial charge in [0.2, 0.25) is 0 Å². The summed E-state index contributed by atoms with van der Waals surface area (Å²) >= 11 is 0. The van der Waals surface area contributed by atoms with Gasteiger partial charge in [-0.3, -0.25) is 0 Å². The molecule has 1 aromatic rings. The highest BCUT2D eigenvalue weighted by Gasteiger charge is 2.20. The number of hydrogen-bond donors (Lipinski definition) is 1. The van der Waals surface area contributed by atoms with E-state index in [1.807, 2.05) is 0 Å². The predicted molar refractivity (Wildman–Crippen MR) is 79.5 cm³/mol. The van der Waals surface area contributed by atoms with Crippen LogP contribution in [0.1, 0.15) is 48.9 Å². The van der Waals surface area contributed by atoms with E-state index in [9.17, 15) is 9.90 Å². The molecule has 0 bridgehead atoms. The van der Waals surface area contributed by atoms with Crippen LogP contribution < -0.4 is 14.7 Å². The molecule has 1 aromatic carbocycles. The minimum Gasteiger partial charge on any atom is -0.545 e. The van der Waals surface area contributed by atoms with Crippen molar-refractivity contribution < 1.29 is 19.5 Å². The van der Waals surface area contributed by atoms with Crippen LogP contribution in [0.4, 0.5) is 0 Å². The van der Waals surface area contributed by atoms with E-state index < -0.39 is 5.97 Å². The largest absolute Gasteiger partial charge is 0.545 e. The molecular weight excluding hydrogens is 266 g/mol. The maximum Gasteiger partial charge on any atom is 0.119 e. The summed E-state index contributed by atoms with van der Waals surface area (Å²) in [5.74, 6) is -0.436. The normalized spacial score (nSPS) is 17.4. The molecule has 0 aliphatic heterocycles. The predicted octanol–water partition coefficient (Wildman–Crippen LogP) is 0.666. The second-order valence-electron chi connectivity index (χ2n) is 5.95. The molecule has 1 atom stereocenters. The van der Waals surface area contributed by atoms with Crippen LogP contribution in [0.2, 0.25) is 0 Å². The molecule has 4 nitrogen and oxygen atoms in total. The number of ether oxygens (including phenoxy) is 1. The molecule has 0 radical (unpaired) electrons. The quantitative estimate of drug-likeness (QED) is 0.751. The Hall–Kier alpha value is -1.55. The number of carbonyl (C=O) groups is 1. The third kappa shape index (κ3) is 5.05. The van der Waals surface area contributed by atoms with Gasteiger partial charge in [0.1, 0.15) is 5.75 Å². The SMILES string of the molecule is C[NH+](CCCOc1ccc(C(=O)[O-])cc1)C1CCCCC1. The first-order valence-corrected chi connectivity index (χ1v) is 7.93. The molecule has 21 heavy (non-hydrogen) atoms. The summed E-state index contributed by atoms with van der Waals surface area (Å²) in [7, 11) is 2.28. The third-order valence-corrected chi connectivity index (χ3v) is 4.38. The fraction of sp³-hybridized carbons (Fsp3) is 0.588. The van der Waals surface area contributed by atoms with Crippen LogP contribution in [0.15, 0.2) is 24.3 Å². The number of aromatic carboxylic acids is 1. The number of carbonyl (C=O) groups excluding carboxylic acids is 1. The van der Waals surface area contributed by atoms with Gasteiger partial charge in [0.25, 0.3) is 0 Å². The fourth-order valence-corrected chi connectivity index (χ4v) is 3.03. The van der Waals surface area contributed by atoms with E-state index in [1.54, 1.807) is 17.0 Å². The summed E-state index contributed by atoms with van der Waals surface area (Å²) < 4.78 is 5.65. The lowest BCUT2D eigenvalue weighted by molar-refractivity contribution is -0.907. The lowest BCUT2D eigenvalue weighted by atomic mass is 9.94. The highest BCUT2D eigenvalue weighted by atomic mass is 16.5. The fourth-order valence-electron chi connectivity index (χ4n) is 3.03. The van der Waals surface area contributed by atoms with Gasteiger partial charge in [-0.05, 0) is 55.5 Å². The first kappa shape index (κ1) is 15.8. The average Bonchev–Trinajstić information content (AvgIpc) is 2.52. The van der Waals surface area contributed by atoms with Crippen LogP contribution in [0.3, 0.4) is 0 Å². The van der Waals surface area contributed by atoms with Gasteiger partial charge in [-0.15, -0.1) is 0 Å². The highest BCUT2D eigenvalue weighted by molar-refractivity contribution is 5.85. The topological polar surface area (TPSA) is 53.8 Å². The maximum atomic E-state index is 10.6. The Bertz CT molecular complexity index is 438. The molecule has 1 aliphatic carbocycles. The van der Waals surface area contributed by atoms with Crippen molar-refractivity contribution in [2.75, 3.05) is 20.2 Å². The minimum absolute atomic E-state index is 0.184. The molecule has 1 fully saturated rings. The molecular formula is C17H25NO3. The smallest absolute Gasteiger partial charge is 0.119 e. The van der Waals surface area contributed by atoms with Crippen molar-refractivity contribution in [1.82, 2.24) is 0 Å². The molecule has 1 aliphatic rings. The second-order valence-corrected chi connectivity index (χ2v) is 5.95. The molecule has 116 valence electrons. The Morgan fingerprint density at radius 1 is 1.24 bits per heavy atom. The van der Waals surface area contributed by atoms with Gasteiger partial charge in [-0.1, -0.05) is 6.42 Å². The lowest BCUT2D eigenvalue weighted by Gasteiger charge is -2.28. The molecule has 0 spiro atoms. The standard InChI is InChI=1S/C17H25NO3/c1-18(15-6-3-2-4-7-15)12-5-13-21-16-10-8-14(9-11-16)17(19)20/h8-11,15H,2-7,12-13H2,1H3,(H,19,20). The number of carboxylic acid groups (broad SMARTS) is 1. The molecule has 0 amide bonds. The third-order valence-electron chi connectivity index (χ3n) is 4.38. The summed E-state index contributed by atoms with van der Waals surface area (Å²) in [5, 5.41) is 10.6. The summed E-state index contributed by atoms with van der Waals surface area (Å²) in [6.45, 7) is 1.80. The van der Waals surface area contributed by atoms with E-state index in [2.05, 4.69) is 7.05 Å². The molecule has 0 aromatic heterocycles. The van der Waals surface area contributed by atoms with Gasteiger partial charge in [0.05, 0.1) is 32.2 Å². The molecule has 2 rings (SSSR count). The Kier molecular flexibility index (Phi) is 6.05. The zero-order chi connectivity index (χ0) is 15.1. The van der Waals surface area contributed by atoms with Crippen LogP contribution in [0.25, 0.3) is 0 Å². The second kappa shape index (κ2) is 8.03. The van der Waals surface area contributed by atoms with E-state index in [0.717, 1.165) is 24.8 Å². The van der Waals surface area contributed by atoms with Crippen LogP contribution in [0, 0.1) is 0 Å². The number of quaternary nitrogens is 1. The highest BCUT2D eigenvalue weighted by Crippen LogP contribution is 2.15. The summed E-state index contributed by atoms with van der Waals surface area (Å²) in [4.78, 5) is 12.3. The van der Waals surface area contributed by atoms with Crippen LogP contribution >= 0.6 is 0 Å². The Morgan fingerprint density at radius 3 is 2.52 bits per heavy atom. The first-order valence-electron chi connectivity index (χ1n) is 7.93. The van der Waals surface area contributed by atoms with Gasteiger partial charge in [-0.25, -0.2) is 0 Å². The molecule has 1 unspecified atom stereocenters. The molecule has 0 heterocycles. The van der Waals surface area contributed by atoms with E-state index >= 15 is 0 Å². The Morgan fingerprint density at radius 2 is 1.90 bits per heavy atom. The number of hydrogen-bond acceptors (Lipinski definition) is 3. The zero-order valence-corrected chi connectivity index (χ0v) is 12.8. The van der Waals surface area contributed by atoms with Crippen molar-refractivity contribution in [2.24, 2.45) is 0 Å². The molecule has 4 heteroatoms. The van der Waals surface area contributed by atoms with Gasteiger partial charge in [0, 0.05) is 6.42 Å². The molecule has 0 saturated heterocycles. The van der Waals surface area contributed by atoms with Gasteiger partial charge in [-0.2, -0.15) is 0 Å². The number of rotatable bonds is 7. The van der Waals surface area contributed by atoms with E-state index in [-0.39, 0.29) is 5.56 Å².